The molecule has 0 aliphatic heterocycles. The minimum Gasteiger partial charge on any atom is -0.350 e. The lowest BCUT2D eigenvalue weighted by Gasteiger charge is -2.07. The maximum Gasteiger partial charge on any atom is 0.251 e. The second kappa shape index (κ2) is 4.17. The highest BCUT2D eigenvalue weighted by Crippen LogP contribution is 2.08. The van der Waals surface area contributed by atoms with Crippen molar-refractivity contribution < 1.29 is 13.6 Å². The Morgan fingerprint density at radius 1 is 1.29 bits per heavy atom. The minimum atomic E-state index is -1.01. The van der Waals surface area contributed by atoms with Crippen LogP contribution < -0.4 is 5.32 Å². The monoisotopic (exact) mass is 199 g/mol. The highest BCUT2D eigenvalue weighted by molar-refractivity contribution is 5.94. The summed E-state index contributed by atoms with van der Waals surface area (Å²) in [7, 11) is 0. The van der Waals surface area contributed by atoms with E-state index in [2.05, 4.69) is 5.32 Å². The number of rotatable bonds is 2. The highest BCUT2D eigenvalue weighted by atomic mass is 19.2. The molecule has 0 saturated carbocycles. The van der Waals surface area contributed by atoms with Crippen molar-refractivity contribution in [2.75, 3.05) is 0 Å². The lowest BCUT2D eigenvalue weighted by molar-refractivity contribution is 0.0942. The van der Waals surface area contributed by atoms with Gasteiger partial charge in [0.1, 0.15) is 0 Å². The van der Waals surface area contributed by atoms with Crippen LogP contribution in [0, 0.1) is 11.6 Å². The molecule has 0 bridgehead atoms. The van der Waals surface area contributed by atoms with E-state index in [1.807, 2.05) is 0 Å². The van der Waals surface area contributed by atoms with Crippen LogP contribution in [0.2, 0.25) is 0 Å². The fourth-order valence-corrected chi connectivity index (χ4v) is 0.983. The SMILES string of the molecule is CC(C)NC(=O)c1ccc(F)c(F)c1. The lowest BCUT2D eigenvalue weighted by Crippen LogP contribution is -2.30. The Labute approximate surface area is 80.9 Å². The Morgan fingerprint density at radius 3 is 2.43 bits per heavy atom. The molecule has 76 valence electrons. The van der Waals surface area contributed by atoms with Gasteiger partial charge in [-0.2, -0.15) is 0 Å². The van der Waals surface area contributed by atoms with Crippen LogP contribution in [0.15, 0.2) is 18.2 Å². The van der Waals surface area contributed by atoms with Gasteiger partial charge in [0.15, 0.2) is 11.6 Å². The van der Waals surface area contributed by atoms with Crippen LogP contribution in [-0.2, 0) is 0 Å². The molecule has 0 spiro atoms. The molecule has 0 fully saturated rings. The summed E-state index contributed by atoms with van der Waals surface area (Å²) in [5.74, 6) is -2.37. The summed E-state index contributed by atoms with van der Waals surface area (Å²) >= 11 is 0. The standard InChI is InChI=1S/C10H11F2NO/c1-6(2)13-10(14)7-3-4-8(11)9(12)5-7/h3-6H,1-2H3,(H,13,14). The van der Waals surface area contributed by atoms with Gasteiger partial charge in [0.25, 0.3) is 5.91 Å². The molecule has 1 aromatic rings. The summed E-state index contributed by atoms with van der Waals surface area (Å²) in [5.41, 5.74) is 0.123. The molecular weight excluding hydrogens is 188 g/mol. The van der Waals surface area contributed by atoms with Gasteiger partial charge in [-0.1, -0.05) is 0 Å². The number of hydrogen-bond acceptors (Lipinski definition) is 1. The predicted molar refractivity (Wildman–Crippen MR) is 49.0 cm³/mol. The van der Waals surface area contributed by atoms with E-state index in [9.17, 15) is 13.6 Å². The Bertz CT molecular complexity index is 350. The molecule has 2 nitrogen and oxygen atoms in total. The molecule has 0 aliphatic rings. The first-order chi connectivity index (χ1) is 6.50. The first-order valence-corrected chi connectivity index (χ1v) is 4.26. The van der Waals surface area contributed by atoms with Crippen LogP contribution >= 0.6 is 0 Å². The van der Waals surface area contributed by atoms with Crippen molar-refractivity contribution in [1.29, 1.82) is 0 Å². The Hall–Kier alpha value is -1.45. The fraction of sp³-hybridized carbons (Fsp3) is 0.300. The van der Waals surface area contributed by atoms with Crippen molar-refractivity contribution in [1.82, 2.24) is 5.32 Å². The molecule has 0 unspecified atom stereocenters. The Morgan fingerprint density at radius 2 is 1.93 bits per heavy atom. The summed E-state index contributed by atoms with van der Waals surface area (Å²) in [4.78, 5) is 11.3. The number of carbonyl (C=O) groups is 1. The van der Waals surface area contributed by atoms with Crippen molar-refractivity contribution >= 4 is 5.91 Å². The average Bonchev–Trinajstić information content (AvgIpc) is 2.08. The molecule has 0 radical (unpaired) electrons. The molecule has 1 amide bonds. The number of benzene rings is 1. The summed E-state index contributed by atoms with van der Waals surface area (Å²) < 4.78 is 25.2. The predicted octanol–water partition coefficient (Wildman–Crippen LogP) is 2.10. The number of carbonyl (C=O) groups excluding carboxylic acids is 1. The van der Waals surface area contributed by atoms with E-state index in [4.69, 9.17) is 0 Å². The van der Waals surface area contributed by atoms with Crippen molar-refractivity contribution in [3.8, 4) is 0 Å². The number of amides is 1. The topological polar surface area (TPSA) is 29.1 Å². The van der Waals surface area contributed by atoms with E-state index in [1.165, 1.54) is 6.07 Å². The van der Waals surface area contributed by atoms with Crippen LogP contribution in [0.4, 0.5) is 8.78 Å². The normalized spacial score (nSPS) is 10.4. The molecule has 1 rings (SSSR count). The van der Waals surface area contributed by atoms with Gasteiger partial charge >= 0.3 is 0 Å². The number of hydrogen-bond donors (Lipinski definition) is 1. The highest BCUT2D eigenvalue weighted by Gasteiger charge is 2.09. The van der Waals surface area contributed by atoms with E-state index >= 15 is 0 Å². The van der Waals surface area contributed by atoms with Gasteiger partial charge < -0.3 is 5.32 Å². The molecular formula is C10H11F2NO. The molecule has 14 heavy (non-hydrogen) atoms. The van der Waals surface area contributed by atoms with Crippen LogP contribution in [-0.4, -0.2) is 11.9 Å². The minimum absolute atomic E-state index is 0.0318. The third-order valence-electron chi connectivity index (χ3n) is 1.60. The summed E-state index contributed by atoms with van der Waals surface area (Å²) in [6.07, 6.45) is 0. The Balaban J connectivity index is 2.86. The first-order valence-electron chi connectivity index (χ1n) is 4.26. The van der Waals surface area contributed by atoms with Gasteiger partial charge in [-0.15, -0.1) is 0 Å². The van der Waals surface area contributed by atoms with Gasteiger partial charge in [0.05, 0.1) is 0 Å². The van der Waals surface area contributed by atoms with Gasteiger partial charge in [-0.3, -0.25) is 4.79 Å². The van der Waals surface area contributed by atoms with Gasteiger partial charge in [-0.25, -0.2) is 8.78 Å². The zero-order valence-corrected chi connectivity index (χ0v) is 7.97. The number of halogens is 2. The van der Waals surface area contributed by atoms with E-state index in [0.717, 1.165) is 12.1 Å². The molecule has 1 aromatic carbocycles. The smallest absolute Gasteiger partial charge is 0.251 e. The van der Waals surface area contributed by atoms with Gasteiger partial charge in [0, 0.05) is 11.6 Å². The molecule has 0 atom stereocenters. The van der Waals surface area contributed by atoms with Crippen molar-refractivity contribution in [3.05, 3.63) is 35.4 Å². The van der Waals surface area contributed by atoms with Gasteiger partial charge in [0.2, 0.25) is 0 Å². The maximum absolute atomic E-state index is 12.7. The second-order valence-electron chi connectivity index (χ2n) is 3.26. The number of nitrogens with one attached hydrogen (secondary N) is 1. The second-order valence-corrected chi connectivity index (χ2v) is 3.26. The van der Waals surface area contributed by atoms with Crippen LogP contribution in [0.5, 0.6) is 0 Å². The van der Waals surface area contributed by atoms with Crippen molar-refractivity contribution in [2.45, 2.75) is 19.9 Å². The summed E-state index contributed by atoms with van der Waals surface area (Å²) in [5, 5.41) is 2.58. The molecule has 0 aromatic heterocycles. The Kier molecular flexibility index (Phi) is 3.17. The van der Waals surface area contributed by atoms with Crippen molar-refractivity contribution in [2.24, 2.45) is 0 Å². The van der Waals surface area contributed by atoms with E-state index in [-0.39, 0.29) is 11.6 Å². The fourth-order valence-electron chi connectivity index (χ4n) is 0.983. The maximum atomic E-state index is 12.7. The zero-order valence-electron chi connectivity index (χ0n) is 7.97. The van der Waals surface area contributed by atoms with Crippen LogP contribution in [0.1, 0.15) is 24.2 Å². The third kappa shape index (κ3) is 2.52. The quantitative estimate of drug-likeness (QED) is 0.776. The molecule has 4 heteroatoms. The molecule has 0 heterocycles. The summed E-state index contributed by atoms with van der Waals surface area (Å²) in [6, 6.07) is 3.03. The largest absolute Gasteiger partial charge is 0.350 e. The molecule has 1 N–H and O–H groups in total. The van der Waals surface area contributed by atoms with Gasteiger partial charge in [-0.05, 0) is 32.0 Å². The van der Waals surface area contributed by atoms with E-state index < -0.39 is 17.5 Å². The summed E-state index contributed by atoms with van der Waals surface area (Å²) in [6.45, 7) is 3.58. The molecule has 0 saturated heterocycles. The van der Waals surface area contributed by atoms with E-state index in [1.54, 1.807) is 13.8 Å². The van der Waals surface area contributed by atoms with Crippen LogP contribution in [0.25, 0.3) is 0 Å². The van der Waals surface area contributed by atoms with Crippen LogP contribution in [0.3, 0.4) is 0 Å². The third-order valence-corrected chi connectivity index (χ3v) is 1.60. The lowest BCUT2D eigenvalue weighted by atomic mass is 10.2. The molecule has 0 aliphatic carbocycles. The zero-order chi connectivity index (χ0) is 10.7. The van der Waals surface area contributed by atoms with E-state index in [0.29, 0.717) is 0 Å². The van der Waals surface area contributed by atoms with Crippen molar-refractivity contribution in [3.63, 3.8) is 0 Å². The average molecular weight is 199 g/mol. The first kappa shape index (κ1) is 10.6.